The smallest absolute Gasteiger partial charge is 0.313 e. The van der Waals surface area contributed by atoms with E-state index in [2.05, 4.69) is 15.5 Å². The third kappa shape index (κ3) is 2.25. The van der Waals surface area contributed by atoms with E-state index in [0.29, 0.717) is 11.6 Å². The molecule has 5 heteroatoms. The molecule has 0 saturated carbocycles. The third-order valence-corrected chi connectivity index (χ3v) is 2.03. The van der Waals surface area contributed by atoms with Crippen LogP contribution in [0.2, 0.25) is 0 Å². The van der Waals surface area contributed by atoms with Crippen LogP contribution in [-0.4, -0.2) is 16.1 Å². The highest BCUT2D eigenvalue weighted by atomic mass is 16.4. The molecule has 1 aromatic carbocycles. The quantitative estimate of drug-likeness (QED) is 0.834. The Labute approximate surface area is 92.5 Å². The number of benzene rings is 1. The van der Waals surface area contributed by atoms with Crippen LogP contribution >= 0.6 is 0 Å². The summed E-state index contributed by atoms with van der Waals surface area (Å²) in [7, 11) is 0. The highest BCUT2D eigenvalue weighted by molar-refractivity contribution is 6.00. The van der Waals surface area contributed by atoms with Crippen LogP contribution in [-0.2, 0) is 0 Å². The van der Waals surface area contributed by atoms with Crippen LogP contribution in [0.5, 0.6) is 0 Å². The number of amides is 1. The van der Waals surface area contributed by atoms with E-state index >= 15 is 0 Å². The second-order valence-corrected chi connectivity index (χ2v) is 3.45. The molecular formula is C11H11N3O2. The summed E-state index contributed by atoms with van der Waals surface area (Å²) in [5, 5.41) is 9.88. The Morgan fingerprint density at radius 2 is 1.88 bits per heavy atom. The fraction of sp³-hybridized carbons (Fsp3) is 0.182. The summed E-state index contributed by atoms with van der Waals surface area (Å²) >= 11 is 0. The molecular weight excluding hydrogens is 206 g/mol. The second-order valence-electron chi connectivity index (χ2n) is 3.45. The first-order chi connectivity index (χ1) is 7.65. The summed E-state index contributed by atoms with van der Waals surface area (Å²) in [6.45, 7) is 3.61. The first-order valence-corrected chi connectivity index (χ1v) is 4.83. The van der Waals surface area contributed by atoms with E-state index < -0.39 is 5.91 Å². The van der Waals surface area contributed by atoms with Gasteiger partial charge in [0, 0.05) is 12.6 Å². The largest absolute Gasteiger partial charge is 0.417 e. The lowest BCUT2D eigenvalue weighted by Gasteiger charge is -2.01. The van der Waals surface area contributed by atoms with Gasteiger partial charge in [-0.15, -0.1) is 10.2 Å². The summed E-state index contributed by atoms with van der Waals surface area (Å²) < 4.78 is 5.01. The van der Waals surface area contributed by atoms with Gasteiger partial charge < -0.3 is 9.73 Å². The van der Waals surface area contributed by atoms with Gasteiger partial charge in [0.2, 0.25) is 5.89 Å². The molecule has 82 valence electrons. The lowest BCUT2D eigenvalue weighted by atomic mass is 10.2. The molecule has 0 saturated heterocycles. The first-order valence-electron chi connectivity index (χ1n) is 4.83. The number of aromatic nitrogens is 2. The minimum absolute atomic E-state index is 0.0296. The number of anilines is 1. The Bertz CT molecular complexity index is 502. The number of carbonyl (C=O) groups is 1. The van der Waals surface area contributed by atoms with Gasteiger partial charge in [0.1, 0.15) is 0 Å². The fourth-order valence-electron chi connectivity index (χ4n) is 1.21. The molecule has 1 N–H and O–H groups in total. The molecule has 16 heavy (non-hydrogen) atoms. The van der Waals surface area contributed by atoms with Gasteiger partial charge in [-0.1, -0.05) is 17.7 Å². The predicted octanol–water partition coefficient (Wildman–Crippen LogP) is 1.94. The zero-order valence-electron chi connectivity index (χ0n) is 9.02. The number of rotatable bonds is 2. The van der Waals surface area contributed by atoms with E-state index in [1.54, 1.807) is 6.92 Å². The van der Waals surface area contributed by atoms with Crippen molar-refractivity contribution in [3.63, 3.8) is 0 Å². The topological polar surface area (TPSA) is 68.0 Å². The normalized spacial score (nSPS) is 10.1. The highest BCUT2D eigenvalue weighted by Crippen LogP contribution is 2.10. The van der Waals surface area contributed by atoms with Crippen molar-refractivity contribution in [2.45, 2.75) is 13.8 Å². The maximum absolute atomic E-state index is 11.6. The molecule has 1 heterocycles. The molecule has 0 fully saturated rings. The molecule has 0 spiro atoms. The highest BCUT2D eigenvalue weighted by Gasteiger charge is 2.12. The van der Waals surface area contributed by atoms with Gasteiger partial charge in [-0.2, -0.15) is 0 Å². The van der Waals surface area contributed by atoms with E-state index in [9.17, 15) is 4.79 Å². The first kappa shape index (κ1) is 10.4. The van der Waals surface area contributed by atoms with E-state index in [4.69, 9.17) is 4.42 Å². The van der Waals surface area contributed by atoms with Crippen molar-refractivity contribution in [1.29, 1.82) is 0 Å². The van der Waals surface area contributed by atoms with Crippen molar-refractivity contribution < 1.29 is 9.21 Å². The van der Waals surface area contributed by atoms with Crippen molar-refractivity contribution in [1.82, 2.24) is 10.2 Å². The average Bonchev–Trinajstić information content (AvgIpc) is 2.68. The van der Waals surface area contributed by atoms with E-state index in [-0.39, 0.29) is 5.89 Å². The van der Waals surface area contributed by atoms with Gasteiger partial charge in [0.15, 0.2) is 0 Å². The van der Waals surface area contributed by atoms with E-state index in [1.165, 1.54) is 0 Å². The molecule has 0 aliphatic rings. The Morgan fingerprint density at radius 1 is 1.19 bits per heavy atom. The summed E-state index contributed by atoms with van der Waals surface area (Å²) in [5.74, 6) is -0.0587. The Balaban J connectivity index is 2.10. The van der Waals surface area contributed by atoms with Gasteiger partial charge >= 0.3 is 11.8 Å². The molecule has 1 amide bonds. The molecule has 5 nitrogen and oxygen atoms in total. The predicted molar refractivity (Wildman–Crippen MR) is 58.2 cm³/mol. The number of aryl methyl sites for hydroxylation is 2. The monoisotopic (exact) mass is 217 g/mol. The SMILES string of the molecule is Cc1ccc(NC(=O)c2nnc(C)o2)cc1. The average molecular weight is 217 g/mol. The van der Waals surface area contributed by atoms with Crippen molar-refractivity contribution in [2.75, 3.05) is 5.32 Å². The van der Waals surface area contributed by atoms with Crippen molar-refractivity contribution in [3.05, 3.63) is 41.6 Å². The van der Waals surface area contributed by atoms with Gasteiger partial charge in [-0.05, 0) is 19.1 Å². The van der Waals surface area contributed by atoms with Crippen molar-refractivity contribution in [3.8, 4) is 0 Å². The van der Waals surface area contributed by atoms with Gasteiger partial charge in [-0.25, -0.2) is 0 Å². The second kappa shape index (κ2) is 4.14. The van der Waals surface area contributed by atoms with Crippen LogP contribution in [0, 0.1) is 13.8 Å². The summed E-state index contributed by atoms with van der Waals surface area (Å²) in [5.41, 5.74) is 1.83. The lowest BCUT2D eigenvalue weighted by Crippen LogP contribution is -2.12. The summed E-state index contributed by atoms with van der Waals surface area (Å²) in [4.78, 5) is 11.6. The van der Waals surface area contributed by atoms with E-state index in [0.717, 1.165) is 5.56 Å². The van der Waals surface area contributed by atoms with Crippen LogP contribution in [0.3, 0.4) is 0 Å². The summed E-state index contributed by atoms with van der Waals surface area (Å²) in [6, 6.07) is 7.45. The zero-order chi connectivity index (χ0) is 11.5. The maximum atomic E-state index is 11.6. The molecule has 0 unspecified atom stereocenters. The van der Waals surface area contributed by atoms with Crippen LogP contribution in [0.25, 0.3) is 0 Å². The molecule has 0 radical (unpaired) electrons. The summed E-state index contributed by atoms with van der Waals surface area (Å²) in [6.07, 6.45) is 0. The molecule has 1 aromatic heterocycles. The fourth-order valence-corrected chi connectivity index (χ4v) is 1.21. The molecule has 0 aliphatic carbocycles. The lowest BCUT2D eigenvalue weighted by molar-refractivity contribution is 0.0989. The minimum Gasteiger partial charge on any atom is -0.417 e. The van der Waals surface area contributed by atoms with Gasteiger partial charge in [0.25, 0.3) is 0 Å². The number of nitrogens with zero attached hydrogens (tertiary/aromatic N) is 2. The van der Waals surface area contributed by atoms with E-state index in [1.807, 2.05) is 31.2 Å². The Kier molecular flexibility index (Phi) is 2.68. The number of hydrogen-bond donors (Lipinski definition) is 1. The number of carbonyl (C=O) groups excluding carboxylic acids is 1. The number of nitrogens with one attached hydrogen (secondary N) is 1. The van der Waals surface area contributed by atoms with Crippen molar-refractivity contribution in [2.24, 2.45) is 0 Å². The molecule has 0 bridgehead atoms. The Morgan fingerprint density at radius 3 is 2.44 bits per heavy atom. The molecule has 0 atom stereocenters. The zero-order valence-corrected chi connectivity index (χ0v) is 9.02. The van der Waals surface area contributed by atoms with Gasteiger partial charge in [0.05, 0.1) is 0 Å². The number of hydrogen-bond acceptors (Lipinski definition) is 4. The van der Waals surface area contributed by atoms with Crippen LogP contribution < -0.4 is 5.32 Å². The van der Waals surface area contributed by atoms with Gasteiger partial charge in [-0.3, -0.25) is 4.79 Å². The van der Waals surface area contributed by atoms with Crippen LogP contribution in [0.4, 0.5) is 5.69 Å². The maximum Gasteiger partial charge on any atom is 0.313 e. The van der Waals surface area contributed by atoms with Crippen molar-refractivity contribution >= 4 is 11.6 Å². The molecule has 2 aromatic rings. The Hall–Kier alpha value is -2.17. The molecule has 0 aliphatic heterocycles. The van der Waals surface area contributed by atoms with Crippen LogP contribution in [0.15, 0.2) is 28.7 Å². The molecule has 2 rings (SSSR count). The van der Waals surface area contributed by atoms with Crippen LogP contribution in [0.1, 0.15) is 22.1 Å². The minimum atomic E-state index is -0.399. The third-order valence-electron chi connectivity index (χ3n) is 2.03. The standard InChI is InChI=1S/C11H11N3O2/c1-7-3-5-9(6-4-7)12-10(15)11-14-13-8(2)16-11/h3-6H,1-2H3,(H,12,15).